The second-order valence-corrected chi connectivity index (χ2v) is 13.9. The summed E-state index contributed by atoms with van der Waals surface area (Å²) in [5.41, 5.74) is 4.14. The second kappa shape index (κ2) is 18.1. The molecule has 0 aliphatic carbocycles. The topological polar surface area (TPSA) is 210 Å². The molecule has 294 valence electrons. The fourth-order valence-corrected chi connectivity index (χ4v) is 6.67. The Labute approximate surface area is 348 Å². The SMILES string of the molecule is O=C(O)CCC(=O)O.O=c1ccn2c(n1)C(O)N=C(c1ccccc1Cl)c1cc(Cl)ccc1-2.O=c1ccn2c(n1)C(O)N=C(c1ccccc1Cl)c1cc(Cl)ccc1-2. The van der Waals surface area contributed by atoms with Gasteiger partial charge in [-0.05, 0) is 48.5 Å². The number of aliphatic hydroxyl groups excluding tert-OH is 2. The van der Waals surface area contributed by atoms with Crippen LogP contribution in [0.5, 0.6) is 0 Å². The van der Waals surface area contributed by atoms with Crippen LogP contribution >= 0.6 is 46.4 Å². The van der Waals surface area contributed by atoms with Crippen molar-refractivity contribution in [2.24, 2.45) is 9.98 Å². The predicted octanol–water partition coefficient (Wildman–Crippen LogP) is 6.70. The molecule has 0 spiro atoms. The average molecular weight is 863 g/mol. The van der Waals surface area contributed by atoms with Crippen LogP contribution in [0.1, 0.15) is 59.2 Å². The van der Waals surface area contributed by atoms with Crippen LogP contribution in [-0.2, 0) is 9.59 Å². The lowest BCUT2D eigenvalue weighted by molar-refractivity contribution is -0.143. The Morgan fingerprint density at radius 2 is 0.931 bits per heavy atom. The molecule has 0 fully saturated rings. The summed E-state index contributed by atoms with van der Waals surface area (Å²) in [6, 6.07) is 27.6. The number of carbonyl (C=O) groups is 2. The largest absolute Gasteiger partial charge is 0.481 e. The van der Waals surface area contributed by atoms with Gasteiger partial charge >= 0.3 is 11.9 Å². The van der Waals surface area contributed by atoms with E-state index >= 15 is 0 Å². The van der Waals surface area contributed by atoms with Crippen molar-refractivity contribution in [3.8, 4) is 11.4 Å². The van der Waals surface area contributed by atoms with Crippen molar-refractivity contribution in [2.75, 3.05) is 0 Å². The summed E-state index contributed by atoms with van der Waals surface area (Å²) in [4.78, 5) is 59.1. The second-order valence-electron chi connectivity index (χ2n) is 12.3. The zero-order chi connectivity index (χ0) is 41.7. The summed E-state index contributed by atoms with van der Waals surface area (Å²) >= 11 is 25.0. The first-order chi connectivity index (χ1) is 27.7. The van der Waals surface area contributed by atoms with Gasteiger partial charge in [0.05, 0.1) is 35.6 Å². The van der Waals surface area contributed by atoms with Gasteiger partial charge in [-0.3, -0.25) is 19.2 Å². The smallest absolute Gasteiger partial charge is 0.303 e. The van der Waals surface area contributed by atoms with Gasteiger partial charge in [0.2, 0.25) is 12.5 Å². The first-order valence-electron chi connectivity index (χ1n) is 17.0. The summed E-state index contributed by atoms with van der Waals surface area (Å²) in [6.45, 7) is 0. The van der Waals surface area contributed by atoms with E-state index in [9.17, 15) is 29.4 Å². The van der Waals surface area contributed by atoms with Crippen molar-refractivity contribution >= 4 is 69.8 Å². The van der Waals surface area contributed by atoms with E-state index in [2.05, 4.69) is 20.0 Å². The first-order valence-corrected chi connectivity index (χ1v) is 18.5. The van der Waals surface area contributed by atoms with Gasteiger partial charge in [-0.2, -0.15) is 9.97 Å². The molecule has 0 radical (unpaired) electrons. The highest BCUT2D eigenvalue weighted by Crippen LogP contribution is 2.33. The normalized spacial score (nSPS) is 14.8. The Bertz CT molecular complexity index is 2570. The standard InChI is InChI=1S/2C18H11Cl2N3O2.C4H6O4/c2*19-10-5-6-14-12(9-10)16(11-3-1-2-4-13(11)20)22-18(25)17-21-15(24)7-8-23(14)17;5-3(6)1-2-4(7)8/h2*1-9,18,25H;1-2H2,(H,5,6)(H,7,8). The van der Waals surface area contributed by atoms with Gasteiger partial charge in [0.15, 0.2) is 11.6 Å². The quantitative estimate of drug-likeness (QED) is 0.144. The Morgan fingerprint density at radius 1 is 0.552 bits per heavy atom. The zero-order valence-electron chi connectivity index (χ0n) is 29.6. The van der Waals surface area contributed by atoms with E-state index in [0.29, 0.717) is 65.1 Å². The molecule has 2 aliphatic heterocycles. The Kier molecular flexibility index (Phi) is 13.0. The number of hydrogen-bond acceptors (Lipinski definition) is 10. The molecule has 0 saturated heterocycles. The molecule has 2 aliphatic rings. The van der Waals surface area contributed by atoms with Crippen LogP contribution in [0.25, 0.3) is 11.4 Å². The molecule has 0 bridgehead atoms. The number of benzene rings is 4. The Morgan fingerprint density at radius 3 is 1.29 bits per heavy atom. The summed E-state index contributed by atoms with van der Waals surface area (Å²) in [5, 5.41) is 38.9. The van der Waals surface area contributed by atoms with Crippen LogP contribution in [0.15, 0.2) is 129 Å². The van der Waals surface area contributed by atoms with Crippen molar-refractivity contribution in [2.45, 2.75) is 25.3 Å². The summed E-state index contributed by atoms with van der Waals surface area (Å²) in [5.74, 6) is -1.88. The van der Waals surface area contributed by atoms with E-state index in [0.717, 1.165) is 0 Å². The van der Waals surface area contributed by atoms with E-state index in [4.69, 9.17) is 56.6 Å². The number of aromatic nitrogens is 4. The van der Waals surface area contributed by atoms with Gasteiger partial charge < -0.3 is 29.6 Å². The number of fused-ring (bicyclic) bond motifs is 6. The number of aliphatic hydroxyl groups is 2. The maximum atomic E-state index is 11.6. The number of halogens is 4. The minimum absolute atomic E-state index is 0.137. The van der Waals surface area contributed by atoms with Crippen LogP contribution < -0.4 is 11.1 Å². The van der Waals surface area contributed by atoms with Crippen LogP contribution in [0.4, 0.5) is 0 Å². The molecule has 2 aromatic heterocycles. The number of aliphatic carboxylic acids is 2. The van der Waals surface area contributed by atoms with Crippen LogP contribution in [0.2, 0.25) is 20.1 Å². The minimum atomic E-state index is -1.31. The molecule has 2 unspecified atom stereocenters. The number of carboxylic acid groups (broad SMARTS) is 2. The van der Waals surface area contributed by atoms with E-state index in [1.807, 2.05) is 36.4 Å². The molecule has 4 aromatic carbocycles. The molecule has 0 saturated carbocycles. The molecule has 58 heavy (non-hydrogen) atoms. The zero-order valence-corrected chi connectivity index (χ0v) is 32.6. The van der Waals surface area contributed by atoms with Gasteiger partial charge in [0.25, 0.3) is 11.1 Å². The molecule has 8 rings (SSSR count). The van der Waals surface area contributed by atoms with E-state index < -0.39 is 35.5 Å². The minimum Gasteiger partial charge on any atom is -0.481 e. The lowest BCUT2D eigenvalue weighted by Gasteiger charge is -2.14. The van der Waals surface area contributed by atoms with Crippen molar-refractivity contribution in [3.63, 3.8) is 0 Å². The summed E-state index contributed by atoms with van der Waals surface area (Å²) in [6.07, 6.45) is -0.0973. The third kappa shape index (κ3) is 9.40. The highest BCUT2D eigenvalue weighted by Gasteiger charge is 2.27. The van der Waals surface area contributed by atoms with Crippen LogP contribution in [0.3, 0.4) is 0 Å². The Hall–Kier alpha value is -6.00. The van der Waals surface area contributed by atoms with Gasteiger partial charge in [0, 0.05) is 66.9 Å². The molecule has 0 amide bonds. The lowest BCUT2D eigenvalue weighted by atomic mass is 10.0. The van der Waals surface area contributed by atoms with E-state index in [1.165, 1.54) is 12.1 Å². The van der Waals surface area contributed by atoms with E-state index in [1.54, 1.807) is 70.1 Å². The number of hydrogen-bond donors (Lipinski definition) is 4. The van der Waals surface area contributed by atoms with Crippen molar-refractivity contribution < 1.29 is 30.0 Å². The van der Waals surface area contributed by atoms with Crippen molar-refractivity contribution in [1.29, 1.82) is 0 Å². The van der Waals surface area contributed by atoms with Crippen molar-refractivity contribution in [3.05, 3.63) is 184 Å². The number of nitrogens with zero attached hydrogens (tertiary/aromatic N) is 6. The van der Waals surface area contributed by atoms with Gasteiger partial charge in [-0.15, -0.1) is 0 Å². The van der Waals surface area contributed by atoms with Crippen LogP contribution in [0, 0.1) is 0 Å². The number of aliphatic imine (C=N–C) groups is 2. The van der Waals surface area contributed by atoms with Gasteiger partial charge in [-0.1, -0.05) is 82.8 Å². The van der Waals surface area contributed by atoms with Crippen molar-refractivity contribution in [1.82, 2.24) is 19.1 Å². The lowest BCUT2D eigenvalue weighted by Crippen LogP contribution is -2.17. The molecule has 6 aromatic rings. The van der Waals surface area contributed by atoms with E-state index in [-0.39, 0.29) is 24.5 Å². The average Bonchev–Trinajstić information content (AvgIpc) is 3.38. The maximum Gasteiger partial charge on any atom is 0.303 e. The number of rotatable bonds is 5. The maximum absolute atomic E-state index is 11.6. The highest BCUT2D eigenvalue weighted by molar-refractivity contribution is 6.37. The fourth-order valence-electron chi connectivity index (χ4n) is 5.87. The van der Waals surface area contributed by atoms with Gasteiger partial charge in [0.1, 0.15) is 0 Å². The molecular weight excluding hydrogens is 834 g/mol. The molecule has 14 nitrogen and oxygen atoms in total. The van der Waals surface area contributed by atoms with Gasteiger partial charge in [-0.25, -0.2) is 9.98 Å². The molecule has 2 atom stereocenters. The molecule has 18 heteroatoms. The molecular formula is C40H28Cl4N6O8. The third-order valence-corrected chi connectivity index (χ3v) is 9.53. The summed E-state index contributed by atoms with van der Waals surface area (Å²) < 4.78 is 3.26. The first kappa shape index (κ1) is 41.6. The number of carboxylic acids is 2. The monoisotopic (exact) mass is 860 g/mol. The fraction of sp³-hybridized carbons (Fsp3) is 0.100. The summed E-state index contributed by atoms with van der Waals surface area (Å²) in [7, 11) is 0. The third-order valence-electron chi connectivity index (χ3n) is 8.40. The molecule has 4 heterocycles. The Balaban J connectivity index is 0.000000165. The van der Waals surface area contributed by atoms with Crippen LogP contribution in [-0.4, -0.2) is 62.9 Å². The molecule has 4 N–H and O–H groups in total. The highest BCUT2D eigenvalue weighted by atomic mass is 35.5. The predicted molar refractivity (Wildman–Crippen MR) is 218 cm³/mol.